The van der Waals surface area contributed by atoms with Gasteiger partial charge in [0.15, 0.2) is 12.7 Å². The van der Waals surface area contributed by atoms with E-state index in [-0.39, 0.29) is 18.9 Å². The maximum atomic E-state index is 14.1. The van der Waals surface area contributed by atoms with Crippen LogP contribution >= 0.6 is 11.8 Å². The van der Waals surface area contributed by atoms with Gasteiger partial charge >= 0.3 is 5.97 Å². The number of hydrogen-bond donors (Lipinski definition) is 1. The van der Waals surface area contributed by atoms with Gasteiger partial charge in [0.05, 0.1) is 11.6 Å². The number of nitrogens with zero attached hydrogens (tertiary/aromatic N) is 2. The Labute approximate surface area is 270 Å². The number of carbonyl (C=O) groups excluding carboxylic acids is 3. The third kappa shape index (κ3) is 6.75. The fraction of sp³-hybridized carbons (Fsp3) is 0.167. The molecular formula is C36H29N3O6S. The lowest BCUT2D eigenvalue weighted by Crippen LogP contribution is -2.71. The lowest BCUT2D eigenvalue weighted by atomic mass is 10.0. The van der Waals surface area contributed by atoms with Crippen LogP contribution in [0.2, 0.25) is 0 Å². The maximum absolute atomic E-state index is 14.1. The summed E-state index contributed by atoms with van der Waals surface area (Å²) in [7, 11) is 0. The Hall–Kier alpha value is -5.53. The zero-order valence-corrected chi connectivity index (χ0v) is 25.4. The van der Waals surface area contributed by atoms with Crippen molar-refractivity contribution in [2.75, 3.05) is 19.0 Å². The molecule has 2 aliphatic rings. The molecule has 1 saturated heterocycles. The summed E-state index contributed by atoms with van der Waals surface area (Å²) < 4.78 is 17.7. The predicted molar refractivity (Wildman–Crippen MR) is 171 cm³/mol. The second kappa shape index (κ2) is 14.1. The van der Waals surface area contributed by atoms with E-state index in [4.69, 9.17) is 19.5 Å². The van der Waals surface area contributed by atoms with Crippen molar-refractivity contribution in [3.63, 3.8) is 0 Å². The zero-order chi connectivity index (χ0) is 31.9. The number of nitriles is 1. The standard InChI is InChI=1S/C36H29N3O6S/c37-20-24-16-18-29(19-17-24)43-21-27-23-46-35-31(38-30(40)22-44-28-14-8-3-9-15-28)34(41)39(35)32(27)36(42)45-33(25-10-4-1-5-11-25)26-12-6-2-7-13-26/h1-19,31,33,35H,21-23H2,(H,38,40)/t31?,35-/m0/s1. The molecule has 6 rings (SSSR count). The summed E-state index contributed by atoms with van der Waals surface area (Å²) in [6.07, 6.45) is -0.724. The second-order valence-corrected chi connectivity index (χ2v) is 11.6. The number of benzene rings is 4. The normalized spacial score (nSPS) is 17.0. The number of esters is 1. The van der Waals surface area contributed by atoms with Crippen molar-refractivity contribution >= 4 is 29.5 Å². The molecule has 1 N–H and O–H groups in total. The van der Waals surface area contributed by atoms with Crippen LogP contribution in [0, 0.1) is 11.3 Å². The van der Waals surface area contributed by atoms with Gasteiger partial charge in [-0.15, -0.1) is 11.8 Å². The van der Waals surface area contributed by atoms with E-state index < -0.39 is 35.3 Å². The van der Waals surface area contributed by atoms with Gasteiger partial charge in [-0.1, -0.05) is 78.9 Å². The highest BCUT2D eigenvalue weighted by Gasteiger charge is 2.54. The lowest BCUT2D eigenvalue weighted by molar-refractivity contribution is -0.155. The third-order valence-corrected chi connectivity index (χ3v) is 8.84. The Morgan fingerprint density at radius 2 is 1.43 bits per heavy atom. The first-order chi connectivity index (χ1) is 22.5. The highest BCUT2D eigenvalue weighted by molar-refractivity contribution is 8.00. The van der Waals surface area contributed by atoms with Gasteiger partial charge < -0.3 is 19.5 Å². The quantitative estimate of drug-likeness (QED) is 0.182. The molecule has 0 aliphatic carbocycles. The van der Waals surface area contributed by atoms with E-state index in [1.54, 1.807) is 48.5 Å². The van der Waals surface area contributed by atoms with Crippen LogP contribution in [0.25, 0.3) is 0 Å². The molecule has 0 spiro atoms. The van der Waals surface area contributed by atoms with Crippen LogP contribution in [-0.4, -0.2) is 53.1 Å². The van der Waals surface area contributed by atoms with E-state index in [1.165, 1.54) is 16.7 Å². The molecule has 230 valence electrons. The molecule has 10 heteroatoms. The SMILES string of the molecule is N#Cc1ccc(OCC2=C(C(=O)OC(c3ccccc3)c3ccccc3)N3C(=O)C(NC(=O)COc4ccccc4)[C@@H]3SC2)cc1. The van der Waals surface area contributed by atoms with E-state index in [1.807, 2.05) is 66.7 Å². The van der Waals surface area contributed by atoms with Gasteiger partial charge in [0, 0.05) is 11.3 Å². The minimum atomic E-state index is -0.834. The first-order valence-electron chi connectivity index (χ1n) is 14.6. The minimum Gasteiger partial charge on any atom is -0.489 e. The number of carbonyl (C=O) groups is 3. The van der Waals surface area contributed by atoms with E-state index in [0.29, 0.717) is 28.4 Å². The fourth-order valence-electron chi connectivity index (χ4n) is 5.21. The highest BCUT2D eigenvalue weighted by Crippen LogP contribution is 2.41. The first kappa shape index (κ1) is 30.5. The van der Waals surface area contributed by atoms with Crippen LogP contribution in [0.4, 0.5) is 0 Å². The predicted octanol–water partition coefficient (Wildman–Crippen LogP) is 5.00. The van der Waals surface area contributed by atoms with Gasteiger partial charge in [0.25, 0.3) is 11.8 Å². The highest BCUT2D eigenvalue weighted by atomic mass is 32.2. The Balaban J connectivity index is 1.24. The van der Waals surface area contributed by atoms with E-state index in [9.17, 15) is 14.4 Å². The van der Waals surface area contributed by atoms with Crippen molar-refractivity contribution in [2.45, 2.75) is 17.5 Å². The average Bonchev–Trinajstić information content (AvgIpc) is 3.12. The van der Waals surface area contributed by atoms with Gasteiger partial charge in [-0.3, -0.25) is 14.5 Å². The number of ether oxygens (including phenoxy) is 3. The molecule has 2 amide bonds. The van der Waals surface area contributed by atoms with Crippen molar-refractivity contribution in [1.82, 2.24) is 10.2 Å². The number of rotatable bonds is 11. The van der Waals surface area contributed by atoms with Crippen LogP contribution in [0.3, 0.4) is 0 Å². The van der Waals surface area contributed by atoms with E-state index in [0.717, 1.165) is 11.1 Å². The van der Waals surface area contributed by atoms with Gasteiger partial charge in [-0.2, -0.15) is 5.26 Å². The summed E-state index contributed by atoms with van der Waals surface area (Å²) >= 11 is 1.42. The van der Waals surface area contributed by atoms with Crippen molar-refractivity contribution in [1.29, 1.82) is 5.26 Å². The maximum Gasteiger partial charge on any atom is 0.356 e. The number of thioether (sulfide) groups is 1. The summed E-state index contributed by atoms with van der Waals surface area (Å²) in [5.74, 6) is -0.132. The summed E-state index contributed by atoms with van der Waals surface area (Å²) in [5.41, 5.74) is 2.72. The molecule has 4 aromatic rings. The van der Waals surface area contributed by atoms with Crippen LogP contribution in [-0.2, 0) is 19.1 Å². The summed E-state index contributed by atoms with van der Waals surface area (Å²) in [6.45, 7) is -0.238. The van der Waals surface area contributed by atoms with Gasteiger partial charge in [-0.05, 0) is 47.5 Å². The summed E-state index contributed by atoms with van der Waals surface area (Å²) in [5, 5.41) is 11.4. The van der Waals surface area contributed by atoms with Crippen LogP contribution in [0.5, 0.6) is 11.5 Å². The Kier molecular flexibility index (Phi) is 9.32. The summed E-state index contributed by atoms with van der Waals surface area (Å²) in [6, 6.07) is 35.6. The summed E-state index contributed by atoms with van der Waals surface area (Å²) in [4.78, 5) is 41.8. The first-order valence-corrected chi connectivity index (χ1v) is 15.6. The Morgan fingerprint density at radius 3 is 2.04 bits per heavy atom. The molecule has 4 aromatic carbocycles. The molecule has 0 bridgehead atoms. The average molecular weight is 632 g/mol. The third-order valence-electron chi connectivity index (χ3n) is 7.50. The van der Waals surface area contributed by atoms with E-state index >= 15 is 0 Å². The minimum absolute atomic E-state index is 0.0170. The molecule has 2 atom stereocenters. The van der Waals surface area contributed by atoms with Gasteiger partial charge in [0.1, 0.15) is 35.2 Å². The molecule has 2 heterocycles. The molecule has 0 saturated carbocycles. The van der Waals surface area contributed by atoms with Gasteiger partial charge in [0.2, 0.25) is 0 Å². The molecule has 9 nitrogen and oxygen atoms in total. The largest absolute Gasteiger partial charge is 0.489 e. The monoisotopic (exact) mass is 631 g/mol. The van der Waals surface area contributed by atoms with Gasteiger partial charge in [-0.25, -0.2) is 4.79 Å². The topological polar surface area (TPSA) is 118 Å². The number of β-lactam (4-membered cyclic amide) rings is 1. The number of amides is 2. The van der Waals surface area contributed by atoms with Crippen molar-refractivity contribution in [2.24, 2.45) is 0 Å². The Morgan fingerprint density at radius 1 is 0.848 bits per heavy atom. The van der Waals surface area contributed by atoms with Crippen molar-refractivity contribution < 1.29 is 28.6 Å². The lowest BCUT2D eigenvalue weighted by Gasteiger charge is -2.49. The fourth-order valence-corrected chi connectivity index (χ4v) is 6.53. The zero-order valence-electron chi connectivity index (χ0n) is 24.6. The van der Waals surface area contributed by atoms with Crippen LogP contribution in [0.1, 0.15) is 22.8 Å². The molecule has 1 unspecified atom stereocenters. The number of hydrogen-bond acceptors (Lipinski definition) is 8. The van der Waals surface area contributed by atoms with E-state index in [2.05, 4.69) is 11.4 Å². The molecule has 46 heavy (non-hydrogen) atoms. The molecule has 2 aliphatic heterocycles. The molecular weight excluding hydrogens is 602 g/mol. The Bertz CT molecular complexity index is 1740. The number of nitrogens with one attached hydrogen (secondary N) is 1. The van der Waals surface area contributed by atoms with Crippen molar-refractivity contribution in [3.05, 3.63) is 143 Å². The molecule has 0 aromatic heterocycles. The number of para-hydroxylation sites is 1. The van der Waals surface area contributed by atoms with Crippen LogP contribution < -0.4 is 14.8 Å². The molecule has 1 fully saturated rings. The van der Waals surface area contributed by atoms with Crippen molar-refractivity contribution in [3.8, 4) is 17.6 Å². The smallest absolute Gasteiger partial charge is 0.356 e. The molecule has 0 radical (unpaired) electrons. The second-order valence-electron chi connectivity index (χ2n) is 10.5. The van der Waals surface area contributed by atoms with Crippen LogP contribution in [0.15, 0.2) is 127 Å². The number of fused-ring (bicyclic) bond motifs is 1.